The Morgan fingerprint density at radius 3 is 1.50 bits per heavy atom. The lowest BCUT2D eigenvalue weighted by Gasteiger charge is -2.27. The minimum Gasteiger partial charge on any atom is -0.109 e. The van der Waals surface area contributed by atoms with Gasteiger partial charge in [-0.2, -0.15) is 0 Å². The topological polar surface area (TPSA) is 0 Å². The summed E-state index contributed by atoms with van der Waals surface area (Å²) in [5.41, 5.74) is 0. The van der Waals surface area contributed by atoms with Crippen molar-refractivity contribution in [2.45, 2.75) is 0 Å². The van der Waals surface area contributed by atoms with Crippen LogP contribution in [-0.2, 0) is 0 Å². The minimum absolute atomic E-state index is 0.154. The molecule has 0 bridgehead atoms. The molecule has 0 heterocycles. The van der Waals surface area contributed by atoms with Crippen molar-refractivity contribution >= 4 is 97.4 Å². The highest BCUT2D eigenvalue weighted by atomic mass is 33.2. The van der Waals surface area contributed by atoms with Crippen molar-refractivity contribution in [2.24, 2.45) is 0 Å². The van der Waals surface area contributed by atoms with Crippen molar-refractivity contribution in [3.05, 3.63) is 0 Å². The van der Waals surface area contributed by atoms with Gasteiger partial charge in [-0.05, 0) is 27.9 Å². The Hall–Kier alpha value is 5.16. The maximum Gasteiger partial charge on any atom is -0.0133 e. The second-order valence-corrected chi connectivity index (χ2v) is 44.5. The summed E-state index contributed by atoms with van der Waals surface area (Å²) in [5, 5.41) is 0. The maximum atomic E-state index is 3.04. The van der Waals surface area contributed by atoms with Gasteiger partial charge in [-0.3, -0.25) is 0 Å². The molecular weight excluding hydrogens is 372 g/mol. The fourth-order valence-electron chi connectivity index (χ4n) is 0.348. The molecule has 9 unspecified atom stereocenters. The molecule has 0 aliphatic carbocycles. The first-order valence-corrected chi connectivity index (χ1v) is 23.9. The average Bonchev–Trinajstić information content (AvgIpc) is 1.98. The molecule has 0 aliphatic rings. The van der Waals surface area contributed by atoms with Gasteiger partial charge in [0.2, 0.25) is 0 Å². The van der Waals surface area contributed by atoms with E-state index < -0.39 is 0 Å². The van der Waals surface area contributed by atoms with Crippen LogP contribution < -0.4 is 0 Å². The van der Waals surface area contributed by atoms with Gasteiger partial charge >= 0.3 is 0 Å². The second-order valence-electron chi connectivity index (χ2n) is 1.65. The standard InChI is InChI=1S/H14P12/c1-7-11(6)8-12(9(2)3)10(4)5/h7-8H,1-6H2. The largest absolute Gasteiger partial charge is 0.109 e. The smallest absolute Gasteiger partial charge is 0.0133 e. The van der Waals surface area contributed by atoms with Crippen LogP contribution in [0.4, 0.5) is 0 Å². The van der Waals surface area contributed by atoms with Crippen molar-refractivity contribution in [1.82, 2.24) is 0 Å². The molecular formula is H14P12. The van der Waals surface area contributed by atoms with Crippen molar-refractivity contribution in [3.63, 3.8) is 0 Å². The van der Waals surface area contributed by atoms with Crippen molar-refractivity contribution in [1.29, 1.82) is 0 Å². The monoisotopic (exact) mass is 386 g/mol. The number of rotatable bonds is 5. The molecule has 12 heteroatoms. The van der Waals surface area contributed by atoms with E-state index in [4.69, 9.17) is 0 Å². The van der Waals surface area contributed by atoms with E-state index in [1.165, 1.54) is 7.96 Å². The van der Waals surface area contributed by atoms with Crippen LogP contribution in [0.25, 0.3) is 0 Å². The molecule has 0 amide bonds. The molecule has 0 fully saturated rings. The quantitative estimate of drug-likeness (QED) is 0.468. The van der Waals surface area contributed by atoms with Crippen molar-refractivity contribution in [3.8, 4) is 0 Å². The zero-order valence-corrected chi connectivity index (χ0v) is 18.8. The first-order valence-electron chi connectivity index (χ1n) is 2.65. The summed E-state index contributed by atoms with van der Waals surface area (Å²) in [6.07, 6.45) is 0. The summed E-state index contributed by atoms with van der Waals surface area (Å²) in [7, 11) is 20.2. The highest BCUT2D eigenvalue weighted by Crippen LogP contribution is 3.09. The Kier molecular flexibility index (Phi) is 14.5. The van der Waals surface area contributed by atoms with E-state index in [-0.39, 0.29) is 27.9 Å². The molecule has 0 nitrogen and oxygen atoms in total. The fraction of sp³-hybridized carbons (Fsp3) is 0. The van der Waals surface area contributed by atoms with Gasteiger partial charge in [0.1, 0.15) is 0 Å². The van der Waals surface area contributed by atoms with Gasteiger partial charge in [0, 0.05) is 0 Å². The van der Waals surface area contributed by atoms with Crippen molar-refractivity contribution in [2.75, 3.05) is 0 Å². The summed E-state index contributed by atoms with van der Waals surface area (Å²) in [5.74, 6) is 0. The lowest BCUT2D eigenvalue weighted by Crippen LogP contribution is -1.36. The minimum atomic E-state index is 0.154. The predicted octanol–water partition coefficient (Wildman–Crippen LogP) is 6.59. The van der Waals surface area contributed by atoms with E-state index in [2.05, 4.69) is 53.6 Å². The molecule has 9 atom stereocenters. The number of hydrogen-bond acceptors (Lipinski definition) is 0. The van der Waals surface area contributed by atoms with Crippen LogP contribution >= 0.6 is 97.4 Å². The predicted molar refractivity (Wildman–Crippen MR) is 103 cm³/mol. The molecule has 0 saturated carbocycles. The third-order valence-electron chi connectivity index (χ3n) is 0.774. The van der Waals surface area contributed by atoms with Gasteiger partial charge < -0.3 is 0 Å². The fourth-order valence-corrected chi connectivity index (χ4v) is 84.5. The van der Waals surface area contributed by atoms with Gasteiger partial charge in [0.25, 0.3) is 0 Å². The van der Waals surface area contributed by atoms with Crippen LogP contribution in [0.5, 0.6) is 0 Å². The highest BCUT2D eigenvalue weighted by Gasteiger charge is 2.19. The Labute approximate surface area is 97.0 Å². The van der Waals surface area contributed by atoms with Crippen LogP contribution in [0, 0.1) is 0 Å². The SMILES string of the molecule is PPP(P)PP(P(P)P)P(P)P. The zero-order chi connectivity index (χ0) is 9.72. The molecule has 0 aromatic rings. The summed E-state index contributed by atoms with van der Waals surface area (Å²) >= 11 is 0. The third-order valence-corrected chi connectivity index (χ3v) is 62.7. The maximum absolute atomic E-state index is 3.04. The molecule has 0 radical (unpaired) electrons. The zero-order valence-electron chi connectivity index (χ0n) is 6.25. The second kappa shape index (κ2) is 10.1. The van der Waals surface area contributed by atoms with E-state index in [1.54, 1.807) is 0 Å². The first kappa shape index (κ1) is 17.2. The van der Waals surface area contributed by atoms with Crippen molar-refractivity contribution < 1.29 is 0 Å². The van der Waals surface area contributed by atoms with E-state index in [0.717, 1.165) is 7.96 Å². The normalized spacial score (nSPS) is 16.8. The van der Waals surface area contributed by atoms with E-state index in [1.807, 2.05) is 0 Å². The highest BCUT2D eigenvalue weighted by molar-refractivity contribution is 9.15. The molecule has 0 aromatic carbocycles. The molecule has 0 N–H and O–H groups in total. The Balaban J connectivity index is 3.95. The van der Waals surface area contributed by atoms with E-state index in [9.17, 15) is 0 Å². The average molecular weight is 386 g/mol. The molecule has 0 aromatic heterocycles. The van der Waals surface area contributed by atoms with Gasteiger partial charge in [-0.15, -0.1) is 53.6 Å². The molecule has 0 aliphatic heterocycles. The third kappa shape index (κ3) is 8.28. The molecule has 0 rings (SSSR count). The summed E-state index contributed by atoms with van der Waals surface area (Å²) in [6, 6.07) is 0. The van der Waals surface area contributed by atoms with Gasteiger partial charge in [0.05, 0.1) is 0 Å². The van der Waals surface area contributed by atoms with Gasteiger partial charge in [-0.25, -0.2) is 0 Å². The summed E-state index contributed by atoms with van der Waals surface area (Å²) in [4.78, 5) is 0. The molecule has 0 spiro atoms. The number of hydrogen-bond donors (Lipinski definition) is 0. The molecule has 0 saturated heterocycles. The van der Waals surface area contributed by atoms with Crippen LogP contribution in [0.1, 0.15) is 0 Å². The molecule has 12 heavy (non-hydrogen) atoms. The summed E-state index contributed by atoms with van der Waals surface area (Å²) < 4.78 is 0. The molecule has 74 valence electrons. The Morgan fingerprint density at radius 2 is 1.25 bits per heavy atom. The van der Waals surface area contributed by atoms with Gasteiger partial charge in [0.15, 0.2) is 0 Å². The van der Waals surface area contributed by atoms with Crippen LogP contribution in [0.2, 0.25) is 0 Å². The van der Waals surface area contributed by atoms with Gasteiger partial charge in [-0.1, -0.05) is 15.9 Å². The van der Waals surface area contributed by atoms with Crippen LogP contribution in [-0.4, -0.2) is 0 Å². The lowest BCUT2D eigenvalue weighted by atomic mass is 28.8. The van der Waals surface area contributed by atoms with E-state index in [0.29, 0.717) is 0 Å². The van der Waals surface area contributed by atoms with Crippen LogP contribution in [0.3, 0.4) is 0 Å². The lowest BCUT2D eigenvalue weighted by molar-refractivity contribution is 4.70. The first-order chi connectivity index (χ1) is 5.49. The van der Waals surface area contributed by atoms with E-state index >= 15 is 0 Å². The Bertz CT molecular complexity index is 94.6. The Morgan fingerprint density at radius 1 is 0.833 bits per heavy atom. The van der Waals surface area contributed by atoms with Crippen LogP contribution in [0.15, 0.2) is 0 Å². The summed E-state index contributed by atoms with van der Waals surface area (Å²) in [6.45, 7) is 0.856.